The molecule has 1 amide bonds. The lowest BCUT2D eigenvalue weighted by Gasteiger charge is -2.44. The van der Waals surface area contributed by atoms with Crippen LogP contribution in [0.3, 0.4) is 0 Å². The number of pyridine rings is 2. The van der Waals surface area contributed by atoms with Gasteiger partial charge in [-0.05, 0) is 73.4 Å². The first-order chi connectivity index (χ1) is 21.5. The van der Waals surface area contributed by atoms with E-state index in [1.165, 1.54) is 22.8 Å². The fraction of sp³-hybridized carbons (Fsp3) is 0.286. The summed E-state index contributed by atoms with van der Waals surface area (Å²) in [5.74, 6) is -0.570. The highest BCUT2D eigenvalue weighted by molar-refractivity contribution is 5.99. The molecule has 1 N–H and O–H groups in total. The number of aromatic nitrogens is 4. The van der Waals surface area contributed by atoms with Crippen molar-refractivity contribution in [2.75, 3.05) is 18.0 Å². The minimum Gasteiger partial charge on any atom is -0.508 e. The predicted octanol–water partition coefficient (Wildman–Crippen LogP) is 5.88. The SMILES string of the molecule is C=CC(=O)N1C[C@H](C)N(c2nc(=O)n(-c3c(C)ccnc3C(C)C)c3nc(-c4cc(O)cc5ccccc45)c(F)cc23)C[C@H]1C. The summed E-state index contributed by atoms with van der Waals surface area (Å²) in [5.41, 5.74) is 2.06. The van der Waals surface area contributed by atoms with Crippen LogP contribution in [0.2, 0.25) is 0 Å². The molecule has 0 spiro atoms. The van der Waals surface area contributed by atoms with E-state index in [9.17, 15) is 14.7 Å². The van der Waals surface area contributed by atoms with Gasteiger partial charge in [-0.25, -0.2) is 18.7 Å². The Hall–Kier alpha value is -5.12. The largest absolute Gasteiger partial charge is 0.508 e. The highest BCUT2D eigenvalue weighted by atomic mass is 19.1. The molecule has 4 heterocycles. The Labute approximate surface area is 260 Å². The van der Waals surface area contributed by atoms with Crippen LogP contribution in [0.5, 0.6) is 5.75 Å². The van der Waals surface area contributed by atoms with Gasteiger partial charge < -0.3 is 14.9 Å². The third kappa shape index (κ3) is 5.09. The Balaban J connectivity index is 1.68. The van der Waals surface area contributed by atoms with E-state index in [1.807, 2.05) is 69.9 Å². The molecule has 2 aromatic carbocycles. The maximum Gasteiger partial charge on any atom is 0.355 e. The van der Waals surface area contributed by atoms with Gasteiger partial charge in [-0.3, -0.25) is 9.78 Å². The van der Waals surface area contributed by atoms with Gasteiger partial charge in [0.25, 0.3) is 0 Å². The zero-order chi connectivity index (χ0) is 32.2. The average Bonchev–Trinajstić information content (AvgIpc) is 3.01. The first kappa shape index (κ1) is 29.9. The quantitative estimate of drug-likeness (QED) is 0.249. The number of fused-ring (bicyclic) bond motifs is 2. The smallest absolute Gasteiger partial charge is 0.355 e. The fourth-order valence-electron chi connectivity index (χ4n) is 6.34. The number of anilines is 1. The number of hydrogen-bond donors (Lipinski definition) is 1. The number of aryl methyl sites for hydroxylation is 1. The lowest BCUT2D eigenvalue weighted by atomic mass is 10.00. The van der Waals surface area contributed by atoms with Gasteiger partial charge in [-0.1, -0.05) is 44.7 Å². The van der Waals surface area contributed by atoms with Crippen molar-refractivity contribution in [2.45, 2.75) is 52.6 Å². The van der Waals surface area contributed by atoms with Gasteiger partial charge in [-0.2, -0.15) is 4.98 Å². The van der Waals surface area contributed by atoms with Crippen LogP contribution in [0.4, 0.5) is 10.2 Å². The van der Waals surface area contributed by atoms with Gasteiger partial charge in [0.05, 0.1) is 16.8 Å². The Morgan fingerprint density at radius 1 is 1.07 bits per heavy atom. The molecule has 45 heavy (non-hydrogen) atoms. The summed E-state index contributed by atoms with van der Waals surface area (Å²) in [6.45, 7) is 14.1. The summed E-state index contributed by atoms with van der Waals surface area (Å²) in [7, 11) is 0. The lowest BCUT2D eigenvalue weighted by Crippen LogP contribution is -2.58. The van der Waals surface area contributed by atoms with E-state index < -0.39 is 11.5 Å². The van der Waals surface area contributed by atoms with Crippen LogP contribution in [0.25, 0.3) is 38.8 Å². The molecule has 6 rings (SSSR count). The zero-order valence-electron chi connectivity index (χ0n) is 26.0. The summed E-state index contributed by atoms with van der Waals surface area (Å²) in [6.07, 6.45) is 3.00. The molecule has 1 fully saturated rings. The minimum atomic E-state index is -0.625. The van der Waals surface area contributed by atoms with Crippen molar-refractivity contribution >= 4 is 33.5 Å². The Morgan fingerprint density at radius 3 is 2.56 bits per heavy atom. The Kier molecular flexibility index (Phi) is 7.60. The van der Waals surface area contributed by atoms with Gasteiger partial charge in [0.1, 0.15) is 23.1 Å². The summed E-state index contributed by atoms with van der Waals surface area (Å²) < 4.78 is 17.8. The second-order valence-electron chi connectivity index (χ2n) is 12.0. The molecule has 5 aromatic rings. The number of phenolic OH excluding ortho intramolecular Hbond substituents is 1. The van der Waals surface area contributed by atoms with Crippen LogP contribution in [0, 0.1) is 12.7 Å². The average molecular weight is 607 g/mol. The number of aromatic hydroxyl groups is 1. The van der Waals surface area contributed by atoms with Crippen molar-refractivity contribution < 1.29 is 14.3 Å². The minimum absolute atomic E-state index is 0.00430. The summed E-state index contributed by atoms with van der Waals surface area (Å²) in [6, 6.07) is 13.2. The molecular formula is C35H35FN6O3. The van der Waals surface area contributed by atoms with Crippen molar-refractivity contribution in [1.29, 1.82) is 0 Å². The van der Waals surface area contributed by atoms with Gasteiger partial charge in [0.2, 0.25) is 5.91 Å². The Morgan fingerprint density at radius 2 is 1.82 bits per heavy atom. The molecular weight excluding hydrogens is 571 g/mol. The number of piperazine rings is 1. The Bertz CT molecular complexity index is 2060. The summed E-state index contributed by atoms with van der Waals surface area (Å²) in [4.78, 5) is 44.4. The molecule has 0 saturated carbocycles. The van der Waals surface area contributed by atoms with E-state index in [0.717, 1.165) is 10.9 Å². The number of amides is 1. The van der Waals surface area contributed by atoms with E-state index in [2.05, 4.69) is 16.5 Å². The van der Waals surface area contributed by atoms with Gasteiger partial charge in [0.15, 0.2) is 5.65 Å². The molecule has 0 radical (unpaired) electrons. The number of halogens is 1. The predicted molar refractivity (Wildman–Crippen MR) is 175 cm³/mol. The van der Waals surface area contributed by atoms with E-state index in [4.69, 9.17) is 4.98 Å². The third-order valence-electron chi connectivity index (χ3n) is 8.54. The van der Waals surface area contributed by atoms with Crippen molar-refractivity contribution in [3.8, 4) is 22.7 Å². The summed E-state index contributed by atoms with van der Waals surface area (Å²) >= 11 is 0. The molecule has 0 bridgehead atoms. The first-order valence-electron chi connectivity index (χ1n) is 15.0. The number of hydrogen-bond acceptors (Lipinski definition) is 7. The molecule has 0 aliphatic carbocycles. The van der Waals surface area contributed by atoms with Crippen molar-refractivity contribution in [2.24, 2.45) is 0 Å². The van der Waals surface area contributed by atoms with E-state index in [-0.39, 0.29) is 41.0 Å². The normalized spacial score (nSPS) is 17.0. The molecule has 1 saturated heterocycles. The number of carbonyl (C=O) groups is 1. The van der Waals surface area contributed by atoms with E-state index in [1.54, 1.807) is 17.2 Å². The van der Waals surface area contributed by atoms with Crippen molar-refractivity contribution in [3.05, 3.63) is 94.9 Å². The monoisotopic (exact) mass is 606 g/mol. The molecule has 1 aliphatic heterocycles. The number of carbonyl (C=O) groups excluding carboxylic acids is 1. The number of phenols is 1. The number of benzene rings is 2. The first-order valence-corrected chi connectivity index (χ1v) is 15.0. The van der Waals surface area contributed by atoms with Gasteiger partial charge in [0, 0.05) is 36.9 Å². The van der Waals surface area contributed by atoms with Gasteiger partial charge in [-0.15, -0.1) is 0 Å². The van der Waals surface area contributed by atoms with Crippen molar-refractivity contribution in [1.82, 2.24) is 24.4 Å². The maximum atomic E-state index is 16.4. The van der Waals surface area contributed by atoms with Crippen LogP contribution >= 0.6 is 0 Å². The second-order valence-corrected chi connectivity index (χ2v) is 12.0. The van der Waals surface area contributed by atoms with Crippen LogP contribution < -0.4 is 10.6 Å². The molecule has 2 atom stereocenters. The maximum absolute atomic E-state index is 16.4. The van der Waals surface area contributed by atoms with Crippen molar-refractivity contribution in [3.63, 3.8) is 0 Å². The zero-order valence-corrected chi connectivity index (χ0v) is 26.0. The molecule has 1 aliphatic rings. The van der Waals surface area contributed by atoms with Gasteiger partial charge >= 0.3 is 5.69 Å². The van der Waals surface area contributed by atoms with E-state index in [0.29, 0.717) is 46.6 Å². The molecule has 0 unspecified atom stereocenters. The second kappa shape index (κ2) is 11.4. The number of nitrogens with zero attached hydrogens (tertiary/aromatic N) is 6. The molecule has 3 aromatic heterocycles. The van der Waals surface area contributed by atoms with E-state index >= 15 is 4.39 Å². The standard InChI is InChI=1S/C35H35FN6O3/c1-7-29(44)40-17-22(6)41(18-21(40)5)33-27-16-28(36)31(26-15-24(43)14-23-10-8-9-11-25(23)26)38-34(27)42(35(45)39-33)32-20(4)12-13-37-30(32)19(2)3/h7-16,19,21-22,43H,1,17-18H2,2-6H3/t21-,22+/m1/s1. The topological polar surface area (TPSA) is 104 Å². The third-order valence-corrected chi connectivity index (χ3v) is 8.54. The number of rotatable bonds is 5. The van der Waals surface area contributed by atoms with Crippen LogP contribution in [0.15, 0.2) is 72.2 Å². The van der Waals surface area contributed by atoms with Crippen LogP contribution in [-0.2, 0) is 4.79 Å². The summed E-state index contributed by atoms with van der Waals surface area (Å²) in [5, 5.41) is 12.3. The lowest BCUT2D eigenvalue weighted by molar-refractivity contribution is -0.128. The molecule has 9 nitrogen and oxygen atoms in total. The highest BCUT2D eigenvalue weighted by Gasteiger charge is 2.34. The highest BCUT2D eigenvalue weighted by Crippen LogP contribution is 2.37. The van der Waals surface area contributed by atoms with Crippen LogP contribution in [-0.4, -0.2) is 60.6 Å². The fourth-order valence-corrected chi connectivity index (χ4v) is 6.34. The molecule has 10 heteroatoms. The molecule has 230 valence electrons. The van der Waals surface area contributed by atoms with Crippen LogP contribution in [0.1, 0.15) is 44.9 Å².